The number of carbonyl (C=O) groups excluding carboxylic acids is 3. The minimum Gasteiger partial charge on any atom is -0.545 e. The lowest BCUT2D eigenvalue weighted by molar-refractivity contribution is -0.870. The van der Waals surface area contributed by atoms with Gasteiger partial charge in [-0.25, -0.2) is 0 Å². The molecule has 404 valence electrons. The minimum absolute atomic E-state index is 0.138. The zero-order valence-electron chi connectivity index (χ0n) is 45.8. The SMILES string of the molecule is CC/C=C\C/C=C\C/C=C\C/C=C\C/C=C\C/C=C\CCCCCCCCCCCCCCCCC(=O)OC(COC(=O)CCCCC/C=C\C/C=C\C/C=C\CC)COC(OCC[N+](C)(C)C)C(=O)[O-]. The predicted octanol–water partition coefficient (Wildman–Crippen LogP) is 15.0. The highest BCUT2D eigenvalue weighted by Gasteiger charge is 2.22. The zero-order valence-corrected chi connectivity index (χ0v) is 45.8. The first-order valence-electron chi connectivity index (χ1n) is 28.0. The lowest BCUT2D eigenvalue weighted by Crippen LogP contribution is -2.44. The molecule has 0 rings (SSSR count). The Morgan fingerprint density at radius 1 is 0.423 bits per heavy atom. The van der Waals surface area contributed by atoms with E-state index >= 15 is 0 Å². The van der Waals surface area contributed by atoms with E-state index in [4.69, 9.17) is 18.9 Å². The highest BCUT2D eigenvalue weighted by atomic mass is 16.7. The van der Waals surface area contributed by atoms with Crippen LogP contribution in [-0.4, -0.2) is 82.3 Å². The number of carboxylic acids is 1. The maximum Gasteiger partial charge on any atom is 0.306 e. The molecule has 0 bridgehead atoms. The van der Waals surface area contributed by atoms with Crippen molar-refractivity contribution in [3.63, 3.8) is 0 Å². The van der Waals surface area contributed by atoms with E-state index in [1.807, 2.05) is 21.1 Å². The van der Waals surface area contributed by atoms with Crippen LogP contribution in [0.3, 0.4) is 0 Å². The standard InChI is InChI=1S/C62H103NO8/c1-6-8-10-12-14-16-18-20-21-22-23-24-25-26-27-28-29-30-31-32-33-34-35-36-37-38-39-41-43-45-47-49-51-53-60(65)71-58(57-70-62(61(66)67)68-55-54-63(3,4)5)56-69-59(64)52-50-48-46-44-42-40-19-17-15-13-11-9-7-2/h8-11,14-17,20-21,23-24,26-27,29-30,40,42,58,62H,6-7,12-13,18-19,22,25,28,31-39,41,43-57H2,1-5H3/b10-8-,11-9-,16-14-,17-15-,21-20-,24-23-,27-26-,30-29-,42-40-. The number of rotatable bonds is 50. The van der Waals surface area contributed by atoms with Gasteiger partial charge in [0.15, 0.2) is 12.4 Å². The number of hydrogen-bond donors (Lipinski definition) is 0. The lowest BCUT2D eigenvalue weighted by atomic mass is 10.0. The number of allylic oxidation sites excluding steroid dienone is 18. The van der Waals surface area contributed by atoms with Gasteiger partial charge in [0.05, 0.1) is 40.3 Å². The predicted molar refractivity (Wildman–Crippen MR) is 297 cm³/mol. The van der Waals surface area contributed by atoms with E-state index in [2.05, 4.69) is 123 Å². The Balaban J connectivity index is 4.17. The summed E-state index contributed by atoms with van der Waals surface area (Å²) in [4.78, 5) is 37.2. The molecule has 2 unspecified atom stereocenters. The average molecular weight is 991 g/mol. The van der Waals surface area contributed by atoms with E-state index in [1.54, 1.807) is 0 Å². The molecule has 0 heterocycles. The highest BCUT2D eigenvalue weighted by Crippen LogP contribution is 2.15. The van der Waals surface area contributed by atoms with Crippen molar-refractivity contribution in [3.05, 3.63) is 109 Å². The Morgan fingerprint density at radius 3 is 1.14 bits per heavy atom. The van der Waals surface area contributed by atoms with Gasteiger partial charge in [0, 0.05) is 12.8 Å². The van der Waals surface area contributed by atoms with Crippen molar-refractivity contribution >= 4 is 17.9 Å². The third kappa shape index (κ3) is 53.6. The Morgan fingerprint density at radius 2 is 0.761 bits per heavy atom. The van der Waals surface area contributed by atoms with Gasteiger partial charge in [-0.1, -0.05) is 207 Å². The summed E-state index contributed by atoms with van der Waals surface area (Å²) in [7, 11) is 5.90. The topological polar surface area (TPSA) is 111 Å². The van der Waals surface area contributed by atoms with Crippen LogP contribution in [0.1, 0.15) is 206 Å². The summed E-state index contributed by atoms with van der Waals surface area (Å²) in [6.07, 6.45) is 68.6. The number of carbonyl (C=O) groups is 3. The summed E-state index contributed by atoms with van der Waals surface area (Å²) in [6, 6.07) is 0. The summed E-state index contributed by atoms with van der Waals surface area (Å²) < 4.78 is 22.6. The van der Waals surface area contributed by atoms with Crippen molar-refractivity contribution in [3.8, 4) is 0 Å². The molecule has 71 heavy (non-hydrogen) atoms. The van der Waals surface area contributed by atoms with Crippen LogP contribution < -0.4 is 5.11 Å². The van der Waals surface area contributed by atoms with Gasteiger partial charge < -0.3 is 33.3 Å². The third-order valence-electron chi connectivity index (χ3n) is 11.5. The lowest BCUT2D eigenvalue weighted by Gasteiger charge is -2.26. The van der Waals surface area contributed by atoms with Crippen LogP contribution in [0.5, 0.6) is 0 Å². The molecule has 0 radical (unpaired) electrons. The summed E-state index contributed by atoms with van der Waals surface area (Å²) in [5, 5.41) is 11.7. The molecule has 2 atom stereocenters. The van der Waals surface area contributed by atoms with Crippen molar-refractivity contribution < 1.29 is 42.9 Å². The van der Waals surface area contributed by atoms with E-state index in [0.29, 0.717) is 23.9 Å². The molecule has 0 saturated heterocycles. The molecule has 9 nitrogen and oxygen atoms in total. The number of aliphatic carboxylic acids is 1. The molecule has 0 aromatic rings. The molecule has 0 aromatic carbocycles. The summed E-state index contributed by atoms with van der Waals surface area (Å²) in [6.45, 7) is 4.46. The van der Waals surface area contributed by atoms with Gasteiger partial charge in [0.1, 0.15) is 13.2 Å². The fourth-order valence-corrected chi connectivity index (χ4v) is 7.26. The average Bonchev–Trinajstić information content (AvgIpc) is 3.34. The molecule has 0 amide bonds. The van der Waals surface area contributed by atoms with Gasteiger partial charge in [-0.2, -0.15) is 0 Å². The molecule has 0 aromatic heterocycles. The normalized spacial score (nSPS) is 13.6. The van der Waals surface area contributed by atoms with Crippen LogP contribution >= 0.6 is 0 Å². The number of unbranched alkanes of at least 4 members (excludes halogenated alkanes) is 17. The first kappa shape index (κ1) is 67.0. The molecule has 0 N–H and O–H groups in total. The van der Waals surface area contributed by atoms with Gasteiger partial charge in [-0.3, -0.25) is 9.59 Å². The van der Waals surface area contributed by atoms with Crippen molar-refractivity contribution in [1.29, 1.82) is 0 Å². The number of quaternary nitrogens is 1. The number of likely N-dealkylation sites (N-methyl/N-ethyl adjacent to an activating group) is 1. The third-order valence-corrected chi connectivity index (χ3v) is 11.5. The Hall–Kier alpha value is -4.05. The molecule has 0 aliphatic rings. The van der Waals surface area contributed by atoms with Crippen LogP contribution in [0.25, 0.3) is 0 Å². The van der Waals surface area contributed by atoms with Crippen molar-refractivity contribution in [2.45, 2.75) is 219 Å². The maximum atomic E-state index is 12.8. The van der Waals surface area contributed by atoms with Crippen molar-refractivity contribution in [1.82, 2.24) is 0 Å². The van der Waals surface area contributed by atoms with Gasteiger partial charge >= 0.3 is 11.9 Å². The molecule has 0 saturated carbocycles. The number of nitrogens with zero attached hydrogens (tertiary/aromatic N) is 1. The van der Waals surface area contributed by atoms with E-state index in [-0.39, 0.29) is 32.7 Å². The number of hydrogen-bond acceptors (Lipinski definition) is 8. The number of esters is 2. The van der Waals surface area contributed by atoms with Crippen LogP contribution in [0.2, 0.25) is 0 Å². The largest absolute Gasteiger partial charge is 0.545 e. The van der Waals surface area contributed by atoms with Crippen LogP contribution in [-0.2, 0) is 33.3 Å². The molecule has 0 fully saturated rings. The first-order chi connectivity index (χ1) is 34.6. The Kier molecular flexibility index (Phi) is 49.3. The molecular formula is C62H103NO8. The van der Waals surface area contributed by atoms with Crippen molar-refractivity contribution in [2.75, 3.05) is 47.5 Å². The van der Waals surface area contributed by atoms with E-state index in [9.17, 15) is 19.5 Å². The molecular weight excluding hydrogens is 887 g/mol. The Bertz CT molecular complexity index is 1530. The van der Waals surface area contributed by atoms with E-state index in [1.165, 1.54) is 70.6 Å². The summed E-state index contributed by atoms with van der Waals surface area (Å²) in [5.41, 5.74) is 0. The molecule has 0 spiro atoms. The Labute approximate surface area is 434 Å². The van der Waals surface area contributed by atoms with E-state index in [0.717, 1.165) is 96.3 Å². The summed E-state index contributed by atoms with van der Waals surface area (Å²) in [5.74, 6) is -2.33. The zero-order chi connectivity index (χ0) is 52.0. The van der Waals surface area contributed by atoms with Gasteiger partial charge in [0.25, 0.3) is 0 Å². The fraction of sp³-hybridized carbons (Fsp3) is 0.661. The van der Waals surface area contributed by atoms with Crippen LogP contribution in [0.15, 0.2) is 109 Å². The van der Waals surface area contributed by atoms with Gasteiger partial charge in [-0.15, -0.1) is 0 Å². The highest BCUT2D eigenvalue weighted by molar-refractivity contribution is 5.70. The monoisotopic (exact) mass is 990 g/mol. The van der Waals surface area contributed by atoms with Crippen LogP contribution in [0.4, 0.5) is 0 Å². The fourth-order valence-electron chi connectivity index (χ4n) is 7.26. The second kappa shape index (κ2) is 52.3. The van der Waals surface area contributed by atoms with Gasteiger partial charge in [0.2, 0.25) is 0 Å². The number of carboxylic acid groups (broad SMARTS) is 1. The minimum atomic E-state index is -1.63. The first-order valence-corrected chi connectivity index (χ1v) is 28.0. The maximum absolute atomic E-state index is 12.8. The quantitative estimate of drug-likeness (QED) is 0.0195. The van der Waals surface area contributed by atoms with Crippen molar-refractivity contribution in [2.24, 2.45) is 0 Å². The van der Waals surface area contributed by atoms with Crippen LogP contribution in [0, 0.1) is 0 Å². The van der Waals surface area contributed by atoms with Gasteiger partial charge in [-0.05, 0) is 96.3 Å². The molecule has 9 heteroatoms. The smallest absolute Gasteiger partial charge is 0.306 e. The van der Waals surface area contributed by atoms with E-state index < -0.39 is 30.3 Å². The summed E-state index contributed by atoms with van der Waals surface area (Å²) >= 11 is 0. The second-order valence-corrected chi connectivity index (χ2v) is 19.5. The molecule has 0 aliphatic heterocycles. The second-order valence-electron chi connectivity index (χ2n) is 19.5. The molecule has 0 aliphatic carbocycles. The number of ether oxygens (including phenoxy) is 4.